The number of hydrogen-bond acceptors (Lipinski definition) is 17. The first kappa shape index (κ1) is 55.6. The Kier molecular flexibility index (Phi) is 29.2. The van der Waals surface area contributed by atoms with Gasteiger partial charge in [-0.05, 0) is 65.0 Å². The topological polar surface area (TPSA) is 141 Å². The van der Waals surface area contributed by atoms with Gasteiger partial charge in [-0.25, -0.2) is 0 Å². The summed E-state index contributed by atoms with van der Waals surface area (Å²) in [6.45, 7) is 15.2. The molecule has 0 heterocycles. The van der Waals surface area contributed by atoms with E-state index in [1.165, 1.54) is 0 Å². The predicted molar refractivity (Wildman–Crippen MR) is 229 cm³/mol. The van der Waals surface area contributed by atoms with Crippen LogP contribution in [0.4, 0.5) is 0 Å². The summed E-state index contributed by atoms with van der Waals surface area (Å²) in [4.78, 5) is 4.29. The summed E-state index contributed by atoms with van der Waals surface area (Å²) in [7, 11) is 8.69. The van der Waals surface area contributed by atoms with Crippen molar-refractivity contribution in [3.8, 4) is 0 Å². The van der Waals surface area contributed by atoms with Crippen molar-refractivity contribution in [2.45, 2.75) is 87.3 Å². The molecule has 2 atom stereocenters. The van der Waals surface area contributed by atoms with E-state index >= 15 is 0 Å². The molecule has 0 aliphatic carbocycles. The number of rotatable bonds is 38. The maximum atomic E-state index is 6.01. The molecule has 21 heteroatoms. The molecular weight excluding hydrogens is 801 g/mol. The van der Waals surface area contributed by atoms with Gasteiger partial charge < -0.3 is 63.7 Å². The fourth-order valence-electron chi connectivity index (χ4n) is 7.32. The van der Waals surface area contributed by atoms with Crippen LogP contribution in [0.2, 0.25) is 24.2 Å². The molecule has 0 radical (unpaired) electrons. The van der Waals surface area contributed by atoms with E-state index in [1.54, 1.807) is 85.3 Å². The zero-order valence-electron chi connectivity index (χ0n) is 37.5. The molecule has 0 fully saturated rings. The van der Waals surface area contributed by atoms with Gasteiger partial charge in [0, 0.05) is 123 Å². The van der Waals surface area contributed by atoms with Crippen LogP contribution in [-0.2, 0) is 53.1 Å². The van der Waals surface area contributed by atoms with E-state index in [9.17, 15) is 0 Å². The Balaban J connectivity index is 7.35. The fourth-order valence-corrected chi connectivity index (χ4v) is 17.0. The van der Waals surface area contributed by atoms with Gasteiger partial charge in [0.2, 0.25) is 0 Å². The van der Waals surface area contributed by atoms with Crippen LogP contribution in [0.25, 0.3) is 0 Å². The summed E-state index contributed by atoms with van der Waals surface area (Å²) >= 11 is 2.00. The Hall–Kier alpha value is 0.578. The van der Waals surface area contributed by atoms with E-state index in [0.717, 1.165) is 65.0 Å². The molecule has 0 rings (SSSR count). The average Bonchev–Trinajstić information content (AvgIpc) is 3.23. The SMILES string of the molecule is CCN(CC)C(CC[Si](OC)(OC)OC)(CNCCC[Si](OC)(OC)OC)SC(CC[Si](OC)(OC)OC)(CNCCC[Si](OC)(OC)OC)N(CC)CC. The van der Waals surface area contributed by atoms with Crippen molar-refractivity contribution in [3.05, 3.63) is 0 Å². The molecule has 0 saturated carbocycles. The molecule has 2 N–H and O–H groups in total. The van der Waals surface area contributed by atoms with Crippen LogP contribution in [0, 0.1) is 0 Å². The third kappa shape index (κ3) is 16.2. The highest BCUT2D eigenvalue weighted by molar-refractivity contribution is 8.02. The first-order chi connectivity index (χ1) is 26.3. The molecule has 332 valence electrons. The van der Waals surface area contributed by atoms with Crippen molar-refractivity contribution in [1.82, 2.24) is 20.4 Å². The molecule has 55 heavy (non-hydrogen) atoms. The second kappa shape index (κ2) is 28.9. The molecule has 0 bridgehead atoms. The molecule has 0 aromatic rings. The summed E-state index contributed by atoms with van der Waals surface area (Å²) in [6.07, 6.45) is 3.15. The lowest BCUT2D eigenvalue weighted by Crippen LogP contribution is -2.62. The average molecular weight is 883 g/mol. The number of nitrogens with one attached hydrogen (secondary N) is 2. The zero-order valence-corrected chi connectivity index (χ0v) is 42.3. The minimum Gasteiger partial charge on any atom is -0.377 e. The molecule has 0 aromatic heterocycles. The predicted octanol–water partition coefficient (Wildman–Crippen LogP) is 4.05. The van der Waals surface area contributed by atoms with E-state index in [-0.39, 0.29) is 0 Å². The molecule has 0 spiro atoms. The molecule has 0 aliphatic rings. The second-order valence-electron chi connectivity index (χ2n) is 13.1. The van der Waals surface area contributed by atoms with Gasteiger partial charge in [-0.3, -0.25) is 9.80 Å². The van der Waals surface area contributed by atoms with E-state index in [4.69, 9.17) is 53.1 Å². The van der Waals surface area contributed by atoms with Crippen molar-refractivity contribution in [2.75, 3.05) is 138 Å². The third-order valence-corrected chi connectivity index (χ3v) is 24.0. The Morgan fingerprint density at radius 2 is 0.636 bits per heavy atom. The first-order valence-corrected chi connectivity index (χ1v) is 28.1. The summed E-state index contributed by atoms with van der Waals surface area (Å²) in [6, 6.07) is 2.65. The van der Waals surface area contributed by atoms with Crippen LogP contribution in [0.1, 0.15) is 53.4 Å². The quantitative estimate of drug-likeness (QED) is 0.0523. The Labute approximate surface area is 344 Å². The summed E-state index contributed by atoms with van der Waals surface area (Å²) in [5.74, 6) is 0. The monoisotopic (exact) mass is 882 g/mol. The van der Waals surface area contributed by atoms with Crippen molar-refractivity contribution < 1.29 is 53.1 Å². The van der Waals surface area contributed by atoms with Gasteiger partial charge in [0.25, 0.3) is 0 Å². The fraction of sp³-hybridized carbons (Fsp3) is 1.00. The normalized spacial score (nSPS) is 15.6. The van der Waals surface area contributed by atoms with Crippen molar-refractivity contribution >= 4 is 47.0 Å². The first-order valence-electron chi connectivity index (χ1n) is 19.5. The minimum absolute atomic E-state index is 0.429. The number of hydrogen-bond donors (Lipinski definition) is 2. The minimum atomic E-state index is -2.97. The van der Waals surface area contributed by atoms with E-state index in [1.807, 2.05) is 11.8 Å². The third-order valence-electron chi connectivity index (χ3n) is 10.9. The van der Waals surface area contributed by atoms with Gasteiger partial charge in [0.1, 0.15) is 0 Å². The van der Waals surface area contributed by atoms with Gasteiger partial charge >= 0.3 is 35.2 Å². The van der Waals surface area contributed by atoms with Crippen LogP contribution < -0.4 is 10.6 Å². The lowest BCUT2D eigenvalue weighted by Gasteiger charge is -2.53. The van der Waals surface area contributed by atoms with Crippen LogP contribution >= 0.6 is 11.8 Å². The molecule has 0 aliphatic heterocycles. The van der Waals surface area contributed by atoms with E-state index in [0.29, 0.717) is 37.3 Å². The molecule has 16 nitrogen and oxygen atoms in total. The van der Waals surface area contributed by atoms with Gasteiger partial charge in [-0.1, -0.05) is 27.7 Å². The van der Waals surface area contributed by atoms with Gasteiger partial charge in [0.15, 0.2) is 0 Å². The Morgan fingerprint density at radius 1 is 0.400 bits per heavy atom. The lowest BCUT2D eigenvalue weighted by molar-refractivity contribution is 0.106. The molecule has 0 saturated heterocycles. The van der Waals surface area contributed by atoms with Crippen molar-refractivity contribution in [1.29, 1.82) is 0 Å². The molecular formula is C34H82N4O12SSi4. The smallest absolute Gasteiger partial charge is 0.377 e. The molecule has 0 amide bonds. The van der Waals surface area contributed by atoms with Crippen molar-refractivity contribution in [2.24, 2.45) is 0 Å². The maximum absolute atomic E-state index is 6.01. The van der Waals surface area contributed by atoms with E-state index < -0.39 is 45.0 Å². The number of nitrogens with zero attached hydrogens (tertiary/aromatic N) is 2. The molecule has 2 unspecified atom stereocenters. The highest BCUT2D eigenvalue weighted by Gasteiger charge is 2.52. The van der Waals surface area contributed by atoms with Crippen LogP contribution in [0.15, 0.2) is 0 Å². The summed E-state index contributed by atoms with van der Waals surface area (Å²) in [5, 5.41) is 7.74. The highest BCUT2D eigenvalue weighted by atomic mass is 32.2. The second-order valence-corrected chi connectivity index (χ2v) is 27.2. The van der Waals surface area contributed by atoms with E-state index in [2.05, 4.69) is 48.1 Å². The van der Waals surface area contributed by atoms with Gasteiger partial charge in [-0.15, -0.1) is 11.8 Å². The maximum Gasteiger partial charge on any atom is 0.500 e. The zero-order chi connectivity index (χ0) is 42.1. The molecule has 0 aromatic carbocycles. The number of thioether (sulfide) groups is 1. The summed E-state index contributed by atoms with van der Waals surface area (Å²) in [5.41, 5.74) is 0. The van der Waals surface area contributed by atoms with Crippen molar-refractivity contribution in [3.63, 3.8) is 0 Å². The van der Waals surface area contributed by atoms with Crippen LogP contribution in [-0.4, -0.2) is 192 Å². The van der Waals surface area contributed by atoms with Gasteiger partial charge in [0.05, 0.1) is 9.74 Å². The summed E-state index contributed by atoms with van der Waals surface area (Å²) < 4.78 is 70.4. The Morgan fingerprint density at radius 3 is 0.855 bits per heavy atom. The highest BCUT2D eigenvalue weighted by Crippen LogP contribution is 2.48. The van der Waals surface area contributed by atoms with Crippen LogP contribution in [0.3, 0.4) is 0 Å². The Bertz CT molecular complexity index is 853. The van der Waals surface area contributed by atoms with Crippen LogP contribution in [0.5, 0.6) is 0 Å². The lowest BCUT2D eigenvalue weighted by atomic mass is 10.1. The number of likely N-dealkylation sites (N-methyl/N-ethyl adjacent to an activating group) is 2. The largest absolute Gasteiger partial charge is 0.500 e. The van der Waals surface area contributed by atoms with Gasteiger partial charge in [-0.2, -0.15) is 0 Å². The standard InChI is InChI=1S/C34H82N4O12SSi4/c1-17-37(18-2)33(23-29-54(45-11,46-12)47-13,31-35-25-21-27-52(39-5,40-6)41-7)51-34(38(19-3)20-4,24-30-55(48-14,49-15)50-16)32-36-26-22-28-53(42-8,43-9)44-10/h35-36H,17-32H2,1-16H3.